The molecule has 0 amide bonds. The third kappa shape index (κ3) is 7.26. The van der Waals surface area contributed by atoms with Crippen LogP contribution in [0.2, 0.25) is 0 Å². The van der Waals surface area contributed by atoms with Gasteiger partial charge in [-0.05, 0) is 43.8 Å². The van der Waals surface area contributed by atoms with Gasteiger partial charge in [0, 0.05) is 19.4 Å². The fraction of sp³-hybridized carbons (Fsp3) is 0.455. The lowest BCUT2D eigenvalue weighted by atomic mass is 9.71. The zero-order valence-corrected chi connectivity index (χ0v) is 16.6. The van der Waals surface area contributed by atoms with Gasteiger partial charge in [0.2, 0.25) is 0 Å². The third-order valence-electron chi connectivity index (χ3n) is 4.38. The van der Waals surface area contributed by atoms with Crippen LogP contribution >= 0.6 is 0 Å². The first-order valence-corrected chi connectivity index (χ1v) is 8.83. The average molecular weight is 358 g/mol. The number of ether oxygens (including phenoxy) is 1. The van der Waals surface area contributed by atoms with Gasteiger partial charge < -0.3 is 9.84 Å². The van der Waals surface area contributed by atoms with Gasteiger partial charge in [-0.2, -0.15) is 0 Å². The van der Waals surface area contributed by atoms with Crippen molar-refractivity contribution in [2.24, 2.45) is 5.41 Å². The van der Waals surface area contributed by atoms with E-state index in [-0.39, 0.29) is 17.5 Å². The van der Waals surface area contributed by atoms with E-state index in [2.05, 4.69) is 32.9 Å². The number of aliphatic carboxylic acids is 1. The molecule has 0 aliphatic heterocycles. The number of carboxylic acid groups (broad SMARTS) is 1. The maximum absolute atomic E-state index is 11.2. The van der Waals surface area contributed by atoms with Crippen LogP contribution < -0.4 is 0 Å². The first-order chi connectivity index (χ1) is 12.0. The van der Waals surface area contributed by atoms with Crippen LogP contribution in [-0.2, 0) is 14.3 Å². The molecule has 142 valence electrons. The molecule has 1 unspecified atom stereocenters. The van der Waals surface area contributed by atoms with Crippen molar-refractivity contribution in [3.63, 3.8) is 0 Å². The topological polar surface area (TPSA) is 63.6 Å². The summed E-state index contributed by atoms with van der Waals surface area (Å²) >= 11 is 0. The molecule has 0 saturated carbocycles. The summed E-state index contributed by atoms with van der Waals surface area (Å²) in [5, 5.41) is 8.69. The van der Waals surface area contributed by atoms with Crippen molar-refractivity contribution in [3.8, 4) is 0 Å². The number of hydrogen-bond donors (Lipinski definition) is 1. The molecule has 26 heavy (non-hydrogen) atoms. The summed E-state index contributed by atoms with van der Waals surface area (Å²) in [7, 11) is 0. The van der Waals surface area contributed by atoms with E-state index in [1.54, 1.807) is 13.0 Å². The van der Waals surface area contributed by atoms with E-state index >= 15 is 0 Å². The van der Waals surface area contributed by atoms with Crippen LogP contribution in [0.25, 0.3) is 0 Å². The lowest BCUT2D eigenvalue weighted by Crippen LogP contribution is -2.31. The summed E-state index contributed by atoms with van der Waals surface area (Å²) in [5.41, 5.74) is 4.22. The highest BCUT2D eigenvalue weighted by atomic mass is 16.5. The van der Waals surface area contributed by atoms with Crippen LogP contribution in [0.4, 0.5) is 0 Å². The Labute approximate surface area is 156 Å². The molecule has 0 radical (unpaired) electrons. The zero-order chi connectivity index (χ0) is 19.9. The Bertz CT molecular complexity index is 700. The van der Waals surface area contributed by atoms with Gasteiger partial charge in [0.1, 0.15) is 6.10 Å². The SMILES string of the molecule is CC(=O)OC1CC(C)=C(/C=C/C(C)=C/C=C/C(C)=C\C(=O)O)C(C)(C)C1. The Morgan fingerprint density at radius 3 is 2.35 bits per heavy atom. The van der Waals surface area contributed by atoms with Crippen LogP contribution in [-0.4, -0.2) is 23.1 Å². The lowest BCUT2D eigenvalue weighted by Gasteiger charge is -2.37. The van der Waals surface area contributed by atoms with Crippen LogP contribution in [0.3, 0.4) is 0 Å². The van der Waals surface area contributed by atoms with Crippen LogP contribution in [0.1, 0.15) is 54.4 Å². The predicted octanol–water partition coefficient (Wildman–Crippen LogP) is 5.14. The average Bonchev–Trinajstić information content (AvgIpc) is 2.43. The van der Waals surface area contributed by atoms with Gasteiger partial charge in [-0.15, -0.1) is 0 Å². The summed E-state index contributed by atoms with van der Waals surface area (Å²) in [5.74, 6) is -1.17. The maximum Gasteiger partial charge on any atom is 0.328 e. The van der Waals surface area contributed by atoms with Crippen molar-refractivity contribution in [2.45, 2.75) is 60.5 Å². The molecule has 1 atom stereocenters. The molecule has 0 aromatic heterocycles. The van der Waals surface area contributed by atoms with E-state index in [1.807, 2.05) is 19.1 Å². The summed E-state index contributed by atoms with van der Waals surface area (Å²) in [6.45, 7) is 11.6. The Morgan fingerprint density at radius 1 is 1.15 bits per heavy atom. The molecule has 0 aromatic carbocycles. The number of carbonyl (C=O) groups excluding carboxylic acids is 1. The summed E-state index contributed by atoms with van der Waals surface area (Å²) < 4.78 is 5.41. The minimum Gasteiger partial charge on any atom is -0.478 e. The second-order valence-electron chi connectivity index (χ2n) is 7.55. The molecule has 0 aromatic rings. The molecule has 4 heteroatoms. The number of carboxylic acids is 1. The second-order valence-corrected chi connectivity index (χ2v) is 7.55. The summed E-state index contributed by atoms with van der Waals surface area (Å²) in [6.07, 6.45) is 12.5. The van der Waals surface area contributed by atoms with Gasteiger partial charge in [-0.25, -0.2) is 4.79 Å². The van der Waals surface area contributed by atoms with E-state index in [9.17, 15) is 9.59 Å². The fourth-order valence-corrected chi connectivity index (χ4v) is 3.33. The maximum atomic E-state index is 11.2. The van der Waals surface area contributed by atoms with E-state index in [0.717, 1.165) is 18.4 Å². The number of esters is 1. The Kier molecular flexibility index (Phi) is 7.81. The standard InChI is InChI=1S/C22H30O4/c1-15(8-7-9-16(2)12-21(24)25)10-11-20-17(3)13-19(26-18(4)23)14-22(20,5)6/h7-12,19H,13-14H2,1-6H3,(H,24,25)/b9-7+,11-10+,15-8+,16-12-. The predicted molar refractivity (Wildman–Crippen MR) is 105 cm³/mol. The van der Waals surface area contributed by atoms with Crippen molar-refractivity contribution in [3.05, 3.63) is 58.7 Å². The van der Waals surface area contributed by atoms with Crippen molar-refractivity contribution in [2.75, 3.05) is 0 Å². The molecule has 4 nitrogen and oxygen atoms in total. The summed E-state index contributed by atoms with van der Waals surface area (Å²) in [4.78, 5) is 21.8. The lowest BCUT2D eigenvalue weighted by molar-refractivity contribution is -0.147. The molecular formula is C22H30O4. The van der Waals surface area contributed by atoms with Gasteiger partial charge in [-0.1, -0.05) is 55.4 Å². The highest BCUT2D eigenvalue weighted by Gasteiger charge is 2.33. The van der Waals surface area contributed by atoms with Crippen molar-refractivity contribution >= 4 is 11.9 Å². The number of hydrogen-bond acceptors (Lipinski definition) is 3. The molecule has 0 fully saturated rings. The quantitative estimate of drug-likeness (QED) is 0.405. The second kappa shape index (κ2) is 9.37. The van der Waals surface area contributed by atoms with Gasteiger partial charge in [0.25, 0.3) is 0 Å². The molecule has 0 spiro atoms. The molecule has 1 aliphatic rings. The van der Waals surface area contributed by atoms with Gasteiger partial charge >= 0.3 is 11.9 Å². The van der Waals surface area contributed by atoms with Gasteiger partial charge in [0.15, 0.2) is 0 Å². The minimum atomic E-state index is -0.943. The number of rotatable bonds is 6. The monoisotopic (exact) mass is 358 g/mol. The Hall–Kier alpha value is -2.36. The molecule has 0 saturated heterocycles. The zero-order valence-electron chi connectivity index (χ0n) is 16.6. The third-order valence-corrected chi connectivity index (χ3v) is 4.38. The Morgan fingerprint density at radius 2 is 1.81 bits per heavy atom. The molecule has 1 aliphatic carbocycles. The van der Waals surface area contributed by atoms with E-state index < -0.39 is 5.97 Å². The molecular weight excluding hydrogens is 328 g/mol. The number of allylic oxidation sites excluding steroid dienone is 8. The van der Waals surface area contributed by atoms with Gasteiger partial charge in [0.05, 0.1) is 0 Å². The normalized spacial score (nSPS) is 21.5. The largest absolute Gasteiger partial charge is 0.478 e. The highest BCUT2D eigenvalue weighted by molar-refractivity contribution is 5.81. The van der Waals surface area contributed by atoms with Crippen LogP contribution in [0.5, 0.6) is 0 Å². The minimum absolute atomic E-state index is 0.0526. The first kappa shape index (κ1) is 21.7. The van der Waals surface area contributed by atoms with Crippen LogP contribution in [0, 0.1) is 5.41 Å². The van der Waals surface area contributed by atoms with E-state index in [4.69, 9.17) is 9.84 Å². The van der Waals surface area contributed by atoms with Gasteiger partial charge in [-0.3, -0.25) is 4.79 Å². The highest BCUT2D eigenvalue weighted by Crippen LogP contribution is 2.42. The molecule has 1 N–H and O–H groups in total. The molecule has 0 bridgehead atoms. The smallest absolute Gasteiger partial charge is 0.328 e. The Balaban J connectivity index is 2.88. The van der Waals surface area contributed by atoms with Crippen molar-refractivity contribution in [1.82, 2.24) is 0 Å². The van der Waals surface area contributed by atoms with Crippen molar-refractivity contribution < 1.29 is 19.4 Å². The van der Waals surface area contributed by atoms with Crippen LogP contribution in [0.15, 0.2) is 58.7 Å². The molecule has 1 rings (SSSR count). The van der Waals surface area contributed by atoms with Crippen molar-refractivity contribution in [1.29, 1.82) is 0 Å². The fourth-order valence-electron chi connectivity index (χ4n) is 3.33. The molecule has 0 heterocycles. The van der Waals surface area contributed by atoms with E-state index in [1.165, 1.54) is 24.1 Å². The summed E-state index contributed by atoms with van der Waals surface area (Å²) in [6, 6.07) is 0. The van der Waals surface area contributed by atoms with E-state index in [0.29, 0.717) is 5.57 Å². The number of carbonyl (C=O) groups is 2. The first-order valence-electron chi connectivity index (χ1n) is 8.83.